The van der Waals surface area contributed by atoms with E-state index in [-0.39, 0.29) is 5.91 Å². The average molecular weight is 343 g/mol. The first-order chi connectivity index (χ1) is 11.8. The molecule has 0 fully saturated rings. The topological polar surface area (TPSA) is 54.5 Å². The van der Waals surface area contributed by atoms with Crippen LogP contribution >= 0.6 is 0 Å². The maximum absolute atomic E-state index is 12.6. The van der Waals surface area contributed by atoms with E-state index in [2.05, 4.69) is 42.9 Å². The predicted octanol–water partition coefficient (Wildman–Crippen LogP) is 3.40. The number of nitrogens with one attached hydrogen (secondary N) is 1. The van der Waals surface area contributed by atoms with Crippen LogP contribution < -0.4 is 10.1 Å². The van der Waals surface area contributed by atoms with Gasteiger partial charge < -0.3 is 10.1 Å². The fourth-order valence-corrected chi connectivity index (χ4v) is 3.11. The molecular formula is C20H29N3O2. The van der Waals surface area contributed by atoms with E-state index < -0.39 is 0 Å². The van der Waals surface area contributed by atoms with Gasteiger partial charge in [-0.3, -0.25) is 14.7 Å². The smallest absolute Gasteiger partial charge is 0.253 e. The van der Waals surface area contributed by atoms with E-state index in [9.17, 15) is 4.79 Å². The van der Waals surface area contributed by atoms with Gasteiger partial charge >= 0.3 is 0 Å². The van der Waals surface area contributed by atoms with Crippen LogP contribution in [0.1, 0.15) is 43.7 Å². The number of carbonyl (C=O) groups is 1. The number of methoxy groups -OCH3 is 1. The molecule has 0 radical (unpaired) electrons. The molecule has 0 aliphatic rings. The van der Waals surface area contributed by atoms with E-state index in [1.165, 1.54) is 0 Å². The molecule has 0 atom stereocenters. The molecule has 0 unspecified atom stereocenters. The number of benzene rings is 1. The molecule has 1 heterocycles. The SMILES string of the molecule is COc1ccc2nc(C)c(C(=O)NCCN(C(C)C)C(C)C)cc2c1. The van der Waals surface area contributed by atoms with E-state index in [1.807, 2.05) is 31.2 Å². The number of aryl methyl sites for hydroxylation is 1. The Morgan fingerprint density at radius 1 is 1.20 bits per heavy atom. The van der Waals surface area contributed by atoms with Crippen molar-refractivity contribution in [3.8, 4) is 5.75 Å². The molecular weight excluding hydrogens is 314 g/mol. The van der Waals surface area contributed by atoms with E-state index in [0.717, 1.165) is 28.9 Å². The highest BCUT2D eigenvalue weighted by molar-refractivity contribution is 5.98. The van der Waals surface area contributed by atoms with Crippen molar-refractivity contribution in [2.24, 2.45) is 0 Å². The fourth-order valence-electron chi connectivity index (χ4n) is 3.11. The number of pyridine rings is 1. The van der Waals surface area contributed by atoms with Crippen molar-refractivity contribution < 1.29 is 9.53 Å². The van der Waals surface area contributed by atoms with Crippen molar-refractivity contribution in [1.29, 1.82) is 0 Å². The summed E-state index contributed by atoms with van der Waals surface area (Å²) in [6, 6.07) is 8.48. The van der Waals surface area contributed by atoms with Crippen LogP contribution in [-0.2, 0) is 0 Å². The Bertz CT molecular complexity index is 733. The number of ether oxygens (including phenoxy) is 1. The summed E-state index contributed by atoms with van der Waals surface area (Å²) < 4.78 is 5.26. The summed E-state index contributed by atoms with van der Waals surface area (Å²) in [4.78, 5) is 19.5. The van der Waals surface area contributed by atoms with Crippen LogP contribution in [0.25, 0.3) is 10.9 Å². The number of hydrogen-bond donors (Lipinski definition) is 1. The molecule has 136 valence electrons. The molecule has 0 saturated carbocycles. The van der Waals surface area contributed by atoms with Crippen LogP contribution in [0.3, 0.4) is 0 Å². The molecule has 2 rings (SSSR count). The van der Waals surface area contributed by atoms with Gasteiger partial charge in [-0.2, -0.15) is 0 Å². The van der Waals surface area contributed by atoms with Crippen molar-refractivity contribution in [1.82, 2.24) is 15.2 Å². The number of carbonyl (C=O) groups excluding carboxylic acids is 1. The van der Waals surface area contributed by atoms with Gasteiger partial charge in [0.15, 0.2) is 0 Å². The van der Waals surface area contributed by atoms with Gasteiger partial charge in [-0.15, -0.1) is 0 Å². The zero-order valence-corrected chi connectivity index (χ0v) is 16.1. The highest BCUT2D eigenvalue weighted by Crippen LogP contribution is 2.21. The minimum Gasteiger partial charge on any atom is -0.497 e. The van der Waals surface area contributed by atoms with Gasteiger partial charge in [0.1, 0.15) is 5.75 Å². The quantitative estimate of drug-likeness (QED) is 0.837. The van der Waals surface area contributed by atoms with Crippen molar-refractivity contribution >= 4 is 16.8 Å². The van der Waals surface area contributed by atoms with Gasteiger partial charge in [-0.05, 0) is 58.9 Å². The van der Waals surface area contributed by atoms with Crippen molar-refractivity contribution in [2.75, 3.05) is 20.2 Å². The second-order valence-electron chi connectivity index (χ2n) is 6.86. The van der Waals surface area contributed by atoms with Crippen LogP contribution in [0.5, 0.6) is 5.75 Å². The van der Waals surface area contributed by atoms with Crippen LogP contribution in [-0.4, -0.2) is 48.1 Å². The molecule has 0 saturated heterocycles. The van der Waals surface area contributed by atoms with Gasteiger partial charge in [-0.25, -0.2) is 0 Å². The van der Waals surface area contributed by atoms with Gasteiger partial charge in [0, 0.05) is 30.6 Å². The molecule has 0 aliphatic heterocycles. The molecule has 2 aromatic rings. The minimum absolute atomic E-state index is 0.0813. The highest BCUT2D eigenvalue weighted by Gasteiger charge is 2.15. The van der Waals surface area contributed by atoms with Crippen LogP contribution in [0.2, 0.25) is 0 Å². The predicted molar refractivity (Wildman–Crippen MR) is 102 cm³/mol. The first-order valence-electron chi connectivity index (χ1n) is 8.82. The highest BCUT2D eigenvalue weighted by atomic mass is 16.5. The molecule has 5 nitrogen and oxygen atoms in total. The first-order valence-corrected chi connectivity index (χ1v) is 8.82. The summed E-state index contributed by atoms with van der Waals surface area (Å²) in [5.74, 6) is 0.677. The first kappa shape index (κ1) is 19.2. The standard InChI is InChI=1S/C20H29N3O2/c1-13(2)23(14(3)4)10-9-21-20(24)18-12-16-11-17(25-6)7-8-19(16)22-15(18)5/h7-8,11-14H,9-10H2,1-6H3,(H,21,24). The molecule has 0 bridgehead atoms. The lowest BCUT2D eigenvalue weighted by Gasteiger charge is -2.30. The Labute approximate surface area is 150 Å². The van der Waals surface area contributed by atoms with E-state index >= 15 is 0 Å². The average Bonchev–Trinajstić information content (AvgIpc) is 2.56. The Morgan fingerprint density at radius 3 is 2.48 bits per heavy atom. The number of aromatic nitrogens is 1. The van der Waals surface area contributed by atoms with E-state index in [1.54, 1.807) is 7.11 Å². The third-order valence-electron chi connectivity index (χ3n) is 4.44. The molecule has 1 aromatic carbocycles. The van der Waals surface area contributed by atoms with Crippen molar-refractivity contribution in [3.63, 3.8) is 0 Å². The Balaban J connectivity index is 2.12. The maximum Gasteiger partial charge on any atom is 0.253 e. The number of rotatable bonds is 7. The summed E-state index contributed by atoms with van der Waals surface area (Å²) in [5, 5.41) is 3.93. The second-order valence-corrected chi connectivity index (χ2v) is 6.86. The monoisotopic (exact) mass is 343 g/mol. The summed E-state index contributed by atoms with van der Waals surface area (Å²) in [7, 11) is 1.63. The van der Waals surface area contributed by atoms with Crippen LogP contribution in [0.15, 0.2) is 24.3 Å². The lowest BCUT2D eigenvalue weighted by molar-refractivity contribution is 0.0938. The zero-order valence-electron chi connectivity index (χ0n) is 16.1. The second kappa shape index (κ2) is 8.30. The lowest BCUT2D eigenvalue weighted by Crippen LogP contribution is -2.42. The number of fused-ring (bicyclic) bond motifs is 1. The summed E-state index contributed by atoms with van der Waals surface area (Å²) >= 11 is 0. The third kappa shape index (κ3) is 4.69. The van der Waals surface area contributed by atoms with Crippen LogP contribution in [0.4, 0.5) is 0 Å². The molecule has 1 aromatic heterocycles. The van der Waals surface area contributed by atoms with Crippen molar-refractivity contribution in [2.45, 2.75) is 46.7 Å². The van der Waals surface area contributed by atoms with E-state index in [0.29, 0.717) is 24.2 Å². The van der Waals surface area contributed by atoms with Crippen LogP contribution in [0, 0.1) is 6.92 Å². The van der Waals surface area contributed by atoms with Gasteiger partial charge in [0.05, 0.1) is 23.9 Å². The maximum atomic E-state index is 12.6. The zero-order chi connectivity index (χ0) is 18.6. The molecule has 0 aliphatic carbocycles. The molecule has 5 heteroatoms. The van der Waals surface area contributed by atoms with Gasteiger partial charge in [-0.1, -0.05) is 0 Å². The Hall–Kier alpha value is -2.14. The normalized spacial score (nSPS) is 11.6. The Kier molecular flexibility index (Phi) is 6.37. The van der Waals surface area contributed by atoms with Crippen molar-refractivity contribution in [3.05, 3.63) is 35.5 Å². The largest absolute Gasteiger partial charge is 0.497 e. The van der Waals surface area contributed by atoms with Gasteiger partial charge in [0.2, 0.25) is 0 Å². The van der Waals surface area contributed by atoms with E-state index in [4.69, 9.17) is 4.74 Å². The Morgan fingerprint density at radius 2 is 1.88 bits per heavy atom. The summed E-state index contributed by atoms with van der Waals surface area (Å²) in [5.41, 5.74) is 2.21. The molecule has 1 N–H and O–H groups in total. The summed E-state index contributed by atoms with van der Waals surface area (Å²) in [6.45, 7) is 12.0. The molecule has 0 spiro atoms. The third-order valence-corrected chi connectivity index (χ3v) is 4.44. The fraction of sp³-hybridized carbons (Fsp3) is 0.500. The lowest BCUT2D eigenvalue weighted by atomic mass is 10.1. The summed E-state index contributed by atoms with van der Waals surface area (Å²) in [6.07, 6.45) is 0. The van der Waals surface area contributed by atoms with Gasteiger partial charge in [0.25, 0.3) is 5.91 Å². The molecule has 1 amide bonds. The number of amides is 1. The minimum atomic E-state index is -0.0813. The number of hydrogen-bond acceptors (Lipinski definition) is 4. The number of nitrogens with zero attached hydrogens (tertiary/aromatic N) is 2. The molecule has 25 heavy (non-hydrogen) atoms.